The van der Waals surface area contributed by atoms with Crippen LogP contribution < -0.4 is 5.32 Å². The number of hydrogen-bond donors (Lipinski definition) is 1. The van der Waals surface area contributed by atoms with Crippen LogP contribution in [0.4, 0.5) is 0 Å². The summed E-state index contributed by atoms with van der Waals surface area (Å²) in [6, 6.07) is 0. The van der Waals surface area contributed by atoms with Gasteiger partial charge in [0.1, 0.15) is 0 Å². The number of hydrogen-bond acceptors (Lipinski definition) is 3. The third-order valence-corrected chi connectivity index (χ3v) is 3.28. The van der Waals surface area contributed by atoms with Gasteiger partial charge in [-0.05, 0) is 12.8 Å². The topological polar surface area (TPSA) is 50.2 Å². The van der Waals surface area contributed by atoms with Crippen molar-refractivity contribution in [1.29, 1.82) is 0 Å². The van der Waals surface area contributed by atoms with Gasteiger partial charge < -0.3 is 10.2 Å². The zero-order chi connectivity index (χ0) is 13.1. The van der Waals surface area contributed by atoms with Gasteiger partial charge in [0.2, 0.25) is 0 Å². The maximum absolute atomic E-state index is 12.4. The molecule has 0 atom stereocenters. The van der Waals surface area contributed by atoms with Gasteiger partial charge in [-0.1, -0.05) is 13.8 Å². The number of rotatable bonds is 3. The molecule has 1 aromatic rings. The van der Waals surface area contributed by atoms with Gasteiger partial charge in [0.15, 0.2) is 0 Å². The van der Waals surface area contributed by atoms with E-state index in [2.05, 4.69) is 24.3 Å². The van der Waals surface area contributed by atoms with Crippen LogP contribution >= 0.6 is 0 Å². The van der Waals surface area contributed by atoms with E-state index in [4.69, 9.17) is 0 Å². The monoisotopic (exact) mass is 250 g/mol. The van der Waals surface area contributed by atoms with Gasteiger partial charge >= 0.3 is 0 Å². The summed E-state index contributed by atoms with van der Waals surface area (Å²) in [5.74, 6) is 0.648. The second-order valence-electron chi connectivity index (χ2n) is 5.26. The van der Waals surface area contributed by atoms with E-state index < -0.39 is 0 Å². The fourth-order valence-corrected chi connectivity index (χ4v) is 2.22. The number of carbonyl (C=O) groups excluding carboxylic acids is 1. The van der Waals surface area contributed by atoms with Crippen molar-refractivity contribution >= 4 is 5.91 Å². The predicted octanol–water partition coefficient (Wildman–Crippen LogP) is 0.893. The van der Waals surface area contributed by atoms with E-state index in [1.807, 2.05) is 16.5 Å². The van der Waals surface area contributed by atoms with E-state index in [0.717, 1.165) is 44.0 Å². The van der Waals surface area contributed by atoms with Crippen LogP contribution in [0.1, 0.15) is 29.9 Å². The number of nitrogens with one attached hydrogen (secondary N) is 1. The van der Waals surface area contributed by atoms with Crippen LogP contribution in [-0.4, -0.2) is 46.8 Å². The van der Waals surface area contributed by atoms with E-state index >= 15 is 0 Å². The summed E-state index contributed by atoms with van der Waals surface area (Å²) in [5, 5.41) is 7.58. The lowest BCUT2D eigenvalue weighted by molar-refractivity contribution is 0.0735. The Morgan fingerprint density at radius 2 is 2.11 bits per heavy atom. The predicted molar refractivity (Wildman–Crippen MR) is 70.6 cm³/mol. The molecule has 100 valence electrons. The Bertz CT molecular complexity index is 419. The van der Waals surface area contributed by atoms with E-state index in [0.29, 0.717) is 5.92 Å². The molecule has 5 nitrogen and oxygen atoms in total. The SMILES string of the molecule is Cc1c(C(=O)N2CCNCC2)cnn1CC(C)C. The minimum atomic E-state index is 0.115. The molecule has 1 N–H and O–H groups in total. The fourth-order valence-electron chi connectivity index (χ4n) is 2.22. The lowest BCUT2D eigenvalue weighted by Gasteiger charge is -2.27. The van der Waals surface area contributed by atoms with Gasteiger partial charge in [0.05, 0.1) is 11.8 Å². The first-order chi connectivity index (χ1) is 8.59. The number of carbonyl (C=O) groups is 1. The minimum Gasteiger partial charge on any atom is -0.336 e. The number of aromatic nitrogens is 2. The van der Waals surface area contributed by atoms with Gasteiger partial charge in [0.25, 0.3) is 5.91 Å². The maximum Gasteiger partial charge on any atom is 0.257 e. The highest BCUT2D eigenvalue weighted by atomic mass is 16.2. The largest absolute Gasteiger partial charge is 0.336 e. The first-order valence-electron chi connectivity index (χ1n) is 6.62. The smallest absolute Gasteiger partial charge is 0.257 e. The van der Waals surface area contributed by atoms with Gasteiger partial charge in [-0.15, -0.1) is 0 Å². The van der Waals surface area contributed by atoms with Gasteiger partial charge in [-0.2, -0.15) is 5.10 Å². The lowest BCUT2D eigenvalue weighted by atomic mass is 10.2. The highest BCUT2D eigenvalue weighted by molar-refractivity contribution is 5.95. The quantitative estimate of drug-likeness (QED) is 0.867. The van der Waals surface area contributed by atoms with Gasteiger partial charge in [-0.3, -0.25) is 9.48 Å². The standard InChI is InChI=1S/C13H22N4O/c1-10(2)9-17-11(3)12(8-15-17)13(18)16-6-4-14-5-7-16/h8,10,14H,4-7,9H2,1-3H3. The minimum absolute atomic E-state index is 0.115. The van der Waals surface area contributed by atoms with Gasteiger partial charge in [0, 0.05) is 38.4 Å². The average molecular weight is 250 g/mol. The Morgan fingerprint density at radius 1 is 1.44 bits per heavy atom. The number of piperazine rings is 1. The molecule has 0 radical (unpaired) electrons. The van der Waals surface area contributed by atoms with Crippen molar-refractivity contribution in [3.05, 3.63) is 17.5 Å². The van der Waals surface area contributed by atoms with Crippen molar-refractivity contribution in [3.8, 4) is 0 Å². The summed E-state index contributed by atoms with van der Waals surface area (Å²) in [6.07, 6.45) is 1.71. The second-order valence-corrected chi connectivity index (χ2v) is 5.26. The van der Waals surface area contributed by atoms with E-state index in [-0.39, 0.29) is 5.91 Å². The summed E-state index contributed by atoms with van der Waals surface area (Å²) in [5.41, 5.74) is 1.73. The molecule has 2 rings (SSSR count). The van der Waals surface area contributed by atoms with Crippen molar-refractivity contribution < 1.29 is 4.79 Å². The van der Waals surface area contributed by atoms with E-state index in [1.165, 1.54) is 0 Å². The number of amides is 1. The summed E-state index contributed by atoms with van der Waals surface area (Å²) in [7, 11) is 0. The van der Waals surface area contributed by atoms with Crippen LogP contribution in [0.3, 0.4) is 0 Å². The molecule has 1 saturated heterocycles. The molecule has 18 heavy (non-hydrogen) atoms. The Labute approximate surface area is 108 Å². The second kappa shape index (κ2) is 5.52. The molecule has 0 aliphatic carbocycles. The molecule has 1 amide bonds. The average Bonchev–Trinajstić information content (AvgIpc) is 2.71. The third-order valence-electron chi connectivity index (χ3n) is 3.28. The fraction of sp³-hybridized carbons (Fsp3) is 0.692. The summed E-state index contributed by atoms with van der Waals surface area (Å²) in [4.78, 5) is 14.3. The van der Waals surface area contributed by atoms with Crippen molar-refractivity contribution in [2.45, 2.75) is 27.3 Å². The highest BCUT2D eigenvalue weighted by Gasteiger charge is 2.21. The molecule has 1 aromatic heterocycles. The summed E-state index contributed by atoms with van der Waals surface area (Å²) >= 11 is 0. The maximum atomic E-state index is 12.4. The van der Waals surface area contributed by atoms with Crippen LogP contribution in [-0.2, 0) is 6.54 Å². The molecule has 0 saturated carbocycles. The summed E-state index contributed by atoms with van der Waals surface area (Å²) in [6.45, 7) is 10.5. The normalized spacial score (nSPS) is 16.3. The summed E-state index contributed by atoms with van der Waals surface area (Å²) < 4.78 is 1.93. The zero-order valence-electron chi connectivity index (χ0n) is 11.4. The Balaban J connectivity index is 2.12. The lowest BCUT2D eigenvalue weighted by Crippen LogP contribution is -2.46. The zero-order valence-corrected chi connectivity index (χ0v) is 11.4. The van der Waals surface area contributed by atoms with E-state index in [9.17, 15) is 4.79 Å². The highest BCUT2D eigenvalue weighted by Crippen LogP contribution is 2.12. The van der Waals surface area contributed by atoms with Crippen LogP contribution in [0.15, 0.2) is 6.20 Å². The Hall–Kier alpha value is -1.36. The first-order valence-corrected chi connectivity index (χ1v) is 6.62. The molecule has 5 heteroatoms. The van der Waals surface area contributed by atoms with Crippen molar-refractivity contribution in [2.24, 2.45) is 5.92 Å². The van der Waals surface area contributed by atoms with Crippen molar-refractivity contribution in [1.82, 2.24) is 20.0 Å². The molecule has 1 aliphatic heterocycles. The third kappa shape index (κ3) is 2.72. The van der Waals surface area contributed by atoms with Crippen LogP contribution in [0.25, 0.3) is 0 Å². The molecular weight excluding hydrogens is 228 g/mol. The molecule has 2 heterocycles. The van der Waals surface area contributed by atoms with Crippen molar-refractivity contribution in [2.75, 3.05) is 26.2 Å². The van der Waals surface area contributed by atoms with Crippen molar-refractivity contribution in [3.63, 3.8) is 0 Å². The Morgan fingerprint density at radius 3 is 2.72 bits per heavy atom. The molecule has 0 aromatic carbocycles. The molecule has 1 aliphatic rings. The molecule has 1 fully saturated rings. The number of nitrogens with zero attached hydrogens (tertiary/aromatic N) is 3. The molecule has 0 bridgehead atoms. The Kier molecular flexibility index (Phi) is 4.01. The molecule has 0 unspecified atom stereocenters. The van der Waals surface area contributed by atoms with Gasteiger partial charge in [-0.25, -0.2) is 0 Å². The van der Waals surface area contributed by atoms with Crippen LogP contribution in [0, 0.1) is 12.8 Å². The molecule has 0 spiro atoms. The first kappa shape index (κ1) is 13.1. The van der Waals surface area contributed by atoms with Crippen LogP contribution in [0.2, 0.25) is 0 Å². The van der Waals surface area contributed by atoms with Crippen LogP contribution in [0.5, 0.6) is 0 Å². The van der Waals surface area contributed by atoms with E-state index in [1.54, 1.807) is 6.20 Å². The molecular formula is C13H22N4O.